The molecule has 0 spiro atoms. The van der Waals surface area contributed by atoms with Crippen LogP contribution in [-0.2, 0) is 4.74 Å². The zero-order valence-corrected chi connectivity index (χ0v) is 4.26. The van der Waals surface area contributed by atoms with Crippen LogP contribution in [0.3, 0.4) is 0 Å². The molecule has 0 aliphatic carbocycles. The smallest absolute Gasteiger partial charge is 0.407 e. The molecule has 1 aliphatic heterocycles. The summed E-state index contributed by atoms with van der Waals surface area (Å²) in [6.45, 7) is 0.237. The molecule has 0 bridgehead atoms. The number of cyclic esters (lactones) is 1. The van der Waals surface area contributed by atoms with Gasteiger partial charge in [0.2, 0.25) is 0 Å². The first kappa shape index (κ1) is 5.37. The quantitative estimate of drug-likeness (QED) is 0.467. The van der Waals surface area contributed by atoms with Gasteiger partial charge in [0.1, 0.15) is 6.61 Å². The predicted octanol–water partition coefficient (Wildman–Crippen LogP) is -0.913. The lowest BCUT2D eigenvalue weighted by molar-refractivity contribution is 0.173. The van der Waals surface area contributed by atoms with E-state index in [4.69, 9.17) is 5.11 Å². The van der Waals surface area contributed by atoms with Crippen LogP contribution in [0.15, 0.2) is 0 Å². The number of aliphatic hydroxyl groups is 1. The van der Waals surface area contributed by atoms with Gasteiger partial charge >= 0.3 is 6.09 Å². The topological polar surface area (TPSA) is 58.6 Å². The van der Waals surface area contributed by atoms with Gasteiger partial charge in [0, 0.05) is 0 Å². The van der Waals surface area contributed by atoms with Crippen molar-refractivity contribution in [3.8, 4) is 0 Å². The molecule has 0 unspecified atom stereocenters. The third-order valence-electron chi connectivity index (χ3n) is 0.958. The van der Waals surface area contributed by atoms with Crippen molar-refractivity contribution in [1.29, 1.82) is 0 Å². The Balaban J connectivity index is 2.32. The summed E-state index contributed by atoms with van der Waals surface area (Å²) in [7, 11) is 0. The van der Waals surface area contributed by atoms with Crippen LogP contribution in [0, 0.1) is 0 Å². The summed E-state index contributed by atoms with van der Waals surface area (Å²) in [4.78, 5) is 10.2. The minimum Gasteiger partial charge on any atom is -0.447 e. The van der Waals surface area contributed by atoms with Crippen molar-refractivity contribution >= 4 is 6.09 Å². The number of alkyl carbamates (subject to hydrolysis) is 1. The number of hydrogen-bond donors (Lipinski definition) is 2. The molecule has 46 valence electrons. The van der Waals surface area contributed by atoms with Gasteiger partial charge in [0.25, 0.3) is 0 Å². The molecular formula is C4H7NO3. The highest BCUT2D eigenvalue weighted by molar-refractivity contribution is 5.69. The van der Waals surface area contributed by atoms with E-state index in [1.54, 1.807) is 0 Å². The number of carbonyl (C=O) groups is 1. The van der Waals surface area contributed by atoms with E-state index in [9.17, 15) is 4.79 Å². The number of hydrogen-bond acceptors (Lipinski definition) is 3. The Morgan fingerprint density at radius 1 is 2.00 bits per heavy atom. The first-order valence-electron chi connectivity index (χ1n) is 2.37. The highest BCUT2D eigenvalue weighted by atomic mass is 16.6. The van der Waals surface area contributed by atoms with Crippen LogP contribution in [0.5, 0.6) is 0 Å². The lowest BCUT2D eigenvalue weighted by atomic mass is 10.4. The average Bonchev–Trinajstić information content (AvgIpc) is 2.14. The van der Waals surface area contributed by atoms with Gasteiger partial charge in [-0.3, -0.25) is 0 Å². The van der Waals surface area contributed by atoms with Crippen LogP contribution in [0.25, 0.3) is 0 Å². The summed E-state index contributed by atoms with van der Waals surface area (Å²) in [5.74, 6) is 0. The third-order valence-corrected chi connectivity index (χ3v) is 0.958. The van der Waals surface area contributed by atoms with Crippen molar-refractivity contribution < 1.29 is 14.6 Å². The molecule has 0 radical (unpaired) electrons. The number of aliphatic hydroxyl groups excluding tert-OH is 1. The van der Waals surface area contributed by atoms with E-state index in [0.29, 0.717) is 0 Å². The van der Waals surface area contributed by atoms with E-state index >= 15 is 0 Å². The van der Waals surface area contributed by atoms with Crippen molar-refractivity contribution in [2.45, 2.75) is 6.04 Å². The highest BCUT2D eigenvalue weighted by Crippen LogP contribution is 1.94. The Morgan fingerprint density at radius 3 is 3.00 bits per heavy atom. The molecule has 1 aliphatic rings. The van der Waals surface area contributed by atoms with Crippen LogP contribution in [0.1, 0.15) is 0 Å². The molecule has 0 saturated carbocycles. The summed E-state index contributed by atoms with van der Waals surface area (Å²) in [6.07, 6.45) is -0.441. The summed E-state index contributed by atoms with van der Waals surface area (Å²) in [5, 5.41) is 10.8. The van der Waals surface area contributed by atoms with Gasteiger partial charge in [-0.1, -0.05) is 0 Å². The van der Waals surface area contributed by atoms with Gasteiger partial charge < -0.3 is 15.2 Å². The fourth-order valence-corrected chi connectivity index (χ4v) is 0.525. The minimum absolute atomic E-state index is 0.0499. The molecule has 1 rings (SSSR count). The van der Waals surface area contributed by atoms with Crippen molar-refractivity contribution in [3.63, 3.8) is 0 Å². The van der Waals surface area contributed by atoms with Crippen molar-refractivity contribution in [2.75, 3.05) is 13.2 Å². The Morgan fingerprint density at radius 2 is 2.75 bits per heavy atom. The van der Waals surface area contributed by atoms with E-state index in [1.165, 1.54) is 0 Å². The minimum atomic E-state index is -0.441. The lowest BCUT2D eigenvalue weighted by Crippen LogP contribution is -2.29. The van der Waals surface area contributed by atoms with Gasteiger partial charge in [-0.15, -0.1) is 0 Å². The maximum Gasteiger partial charge on any atom is 0.407 e. The standard InChI is InChI=1S/C4H7NO3/c6-1-3-2-8-4(7)5-3/h3,6H,1-2H2,(H,5,7)/t3-/m0/s1. The fraction of sp³-hybridized carbons (Fsp3) is 0.750. The van der Waals surface area contributed by atoms with Gasteiger partial charge in [0.05, 0.1) is 12.6 Å². The van der Waals surface area contributed by atoms with Crippen molar-refractivity contribution in [1.82, 2.24) is 5.32 Å². The molecule has 1 heterocycles. The molecule has 1 atom stereocenters. The van der Waals surface area contributed by atoms with Crippen molar-refractivity contribution in [3.05, 3.63) is 0 Å². The summed E-state index contributed by atoms with van der Waals surface area (Å²) >= 11 is 0. The van der Waals surface area contributed by atoms with Gasteiger partial charge in [-0.25, -0.2) is 4.79 Å². The monoisotopic (exact) mass is 117 g/mol. The predicted molar refractivity (Wildman–Crippen MR) is 25.4 cm³/mol. The number of rotatable bonds is 1. The number of ether oxygens (including phenoxy) is 1. The Hall–Kier alpha value is -0.770. The summed E-state index contributed by atoms with van der Waals surface area (Å²) < 4.78 is 4.45. The molecule has 0 aromatic rings. The molecular weight excluding hydrogens is 110 g/mol. The van der Waals surface area contributed by atoms with Crippen LogP contribution >= 0.6 is 0 Å². The SMILES string of the molecule is O=C1N[C@@H](CO)CO1. The van der Waals surface area contributed by atoms with Gasteiger partial charge in [-0.05, 0) is 0 Å². The van der Waals surface area contributed by atoms with Gasteiger partial charge in [0.15, 0.2) is 0 Å². The van der Waals surface area contributed by atoms with Crippen LogP contribution in [-0.4, -0.2) is 30.5 Å². The molecule has 8 heavy (non-hydrogen) atoms. The molecule has 2 N–H and O–H groups in total. The maximum atomic E-state index is 10.2. The first-order valence-corrected chi connectivity index (χ1v) is 2.37. The fourth-order valence-electron chi connectivity index (χ4n) is 0.525. The van der Waals surface area contributed by atoms with E-state index in [0.717, 1.165) is 0 Å². The normalized spacial score (nSPS) is 27.1. The second kappa shape index (κ2) is 2.00. The van der Waals surface area contributed by atoms with E-state index < -0.39 is 6.09 Å². The second-order valence-electron chi connectivity index (χ2n) is 1.62. The molecule has 0 aromatic carbocycles. The largest absolute Gasteiger partial charge is 0.447 e. The van der Waals surface area contributed by atoms with E-state index in [1.807, 2.05) is 0 Å². The van der Waals surface area contributed by atoms with Crippen LogP contribution in [0.2, 0.25) is 0 Å². The summed E-state index contributed by atoms with van der Waals surface area (Å²) in [6, 6.07) is -0.192. The van der Waals surface area contributed by atoms with Crippen LogP contribution in [0.4, 0.5) is 4.79 Å². The first-order chi connectivity index (χ1) is 3.83. The molecule has 1 saturated heterocycles. The molecule has 4 heteroatoms. The maximum absolute atomic E-state index is 10.2. The average molecular weight is 117 g/mol. The molecule has 1 amide bonds. The Kier molecular flexibility index (Phi) is 1.34. The number of carbonyl (C=O) groups excluding carboxylic acids is 1. The molecule has 0 aromatic heterocycles. The lowest BCUT2D eigenvalue weighted by Gasteiger charge is -1.97. The summed E-state index contributed by atoms with van der Waals surface area (Å²) in [5.41, 5.74) is 0. The van der Waals surface area contributed by atoms with E-state index in [2.05, 4.69) is 10.1 Å². The van der Waals surface area contributed by atoms with Gasteiger partial charge in [-0.2, -0.15) is 0 Å². The number of nitrogens with one attached hydrogen (secondary N) is 1. The molecule has 4 nitrogen and oxygen atoms in total. The second-order valence-corrected chi connectivity index (χ2v) is 1.62. The molecule has 1 fully saturated rings. The third kappa shape index (κ3) is 0.894. The van der Waals surface area contributed by atoms with Crippen molar-refractivity contribution in [2.24, 2.45) is 0 Å². The Bertz CT molecular complexity index is 103. The van der Waals surface area contributed by atoms with Crippen LogP contribution < -0.4 is 5.32 Å². The van der Waals surface area contributed by atoms with E-state index in [-0.39, 0.29) is 19.3 Å². The number of amides is 1. The zero-order valence-electron chi connectivity index (χ0n) is 4.26. The zero-order chi connectivity index (χ0) is 5.98. The Labute approximate surface area is 46.4 Å². The highest BCUT2D eigenvalue weighted by Gasteiger charge is 2.20.